The van der Waals surface area contributed by atoms with Crippen molar-refractivity contribution in [1.29, 1.82) is 0 Å². The minimum Gasteiger partial charge on any atom is -0.335 e. The fourth-order valence-corrected chi connectivity index (χ4v) is 2.70. The second kappa shape index (κ2) is 6.10. The van der Waals surface area contributed by atoms with Gasteiger partial charge in [-0.2, -0.15) is 0 Å². The Morgan fingerprint density at radius 1 is 1.33 bits per heavy atom. The van der Waals surface area contributed by atoms with Gasteiger partial charge in [0.2, 0.25) is 0 Å². The third-order valence-electron chi connectivity index (χ3n) is 3.41. The number of urea groups is 1. The van der Waals surface area contributed by atoms with Gasteiger partial charge in [-0.3, -0.25) is 0 Å². The molecule has 0 heterocycles. The van der Waals surface area contributed by atoms with Crippen LogP contribution in [0.1, 0.15) is 44.2 Å². The molecule has 1 aromatic rings. The molecule has 0 bridgehead atoms. The van der Waals surface area contributed by atoms with Crippen molar-refractivity contribution in [2.45, 2.75) is 44.7 Å². The van der Waals surface area contributed by atoms with Gasteiger partial charge in [0, 0.05) is 11.1 Å². The average molecular weight is 267 g/mol. The monoisotopic (exact) mass is 266 g/mol. The number of rotatable bonds is 3. The van der Waals surface area contributed by atoms with Crippen molar-refractivity contribution in [1.82, 2.24) is 10.6 Å². The second-order valence-electron chi connectivity index (χ2n) is 4.84. The van der Waals surface area contributed by atoms with Crippen LogP contribution in [-0.4, -0.2) is 12.1 Å². The minimum absolute atomic E-state index is 0.0832. The van der Waals surface area contributed by atoms with Crippen molar-refractivity contribution in [2.75, 3.05) is 0 Å². The lowest BCUT2D eigenvalue weighted by Crippen LogP contribution is -2.41. The van der Waals surface area contributed by atoms with Crippen LogP contribution in [0.3, 0.4) is 0 Å². The van der Waals surface area contributed by atoms with E-state index in [-0.39, 0.29) is 12.1 Å². The van der Waals surface area contributed by atoms with E-state index in [1.165, 1.54) is 12.8 Å². The second-order valence-corrected chi connectivity index (χ2v) is 5.25. The van der Waals surface area contributed by atoms with Crippen molar-refractivity contribution < 1.29 is 4.79 Å². The summed E-state index contributed by atoms with van der Waals surface area (Å²) in [5, 5.41) is 6.62. The molecule has 0 aliphatic heterocycles. The summed E-state index contributed by atoms with van der Waals surface area (Å²) in [6, 6.07) is 7.73. The lowest BCUT2D eigenvalue weighted by atomic mass is 10.1. The zero-order valence-electron chi connectivity index (χ0n) is 10.6. The molecular weight excluding hydrogens is 248 g/mol. The zero-order valence-corrected chi connectivity index (χ0v) is 11.3. The Morgan fingerprint density at radius 3 is 2.67 bits per heavy atom. The van der Waals surface area contributed by atoms with Crippen LogP contribution in [0.5, 0.6) is 0 Å². The van der Waals surface area contributed by atoms with Crippen LogP contribution >= 0.6 is 11.6 Å². The molecule has 4 heteroatoms. The number of carbonyl (C=O) groups is 1. The zero-order chi connectivity index (χ0) is 13.0. The lowest BCUT2D eigenvalue weighted by Gasteiger charge is -2.18. The highest BCUT2D eigenvalue weighted by atomic mass is 35.5. The Hall–Kier alpha value is -1.22. The standard InChI is InChI=1S/C14H19ClN2O/c1-10(12-8-4-5-9-13(12)15)16-14(18)17-11-6-2-3-7-11/h4-5,8-11H,2-3,6-7H2,1H3,(H2,16,17,18). The van der Waals surface area contributed by atoms with Crippen LogP contribution < -0.4 is 10.6 Å². The van der Waals surface area contributed by atoms with Gasteiger partial charge in [0.1, 0.15) is 0 Å². The molecule has 1 saturated carbocycles. The van der Waals surface area contributed by atoms with E-state index < -0.39 is 0 Å². The highest BCUT2D eigenvalue weighted by Crippen LogP contribution is 2.22. The van der Waals surface area contributed by atoms with Crippen LogP contribution in [0.15, 0.2) is 24.3 Å². The minimum atomic E-state index is -0.102. The average Bonchev–Trinajstić information content (AvgIpc) is 2.82. The molecule has 18 heavy (non-hydrogen) atoms. The van der Waals surface area contributed by atoms with Gasteiger partial charge in [-0.15, -0.1) is 0 Å². The first-order chi connectivity index (χ1) is 8.66. The van der Waals surface area contributed by atoms with Crippen molar-refractivity contribution in [3.63, 3.8) is 0 Å². The van der Waals surface area contributed by atoms with Gasteiger partial charge in [0.25, 0.3) is 0 Å². The fraction of sp³-hybridized carbons (Fsp3) is 0.500. The van der Waals surface area contributed by atoms with Crippen molar-refractivity contribution in [2.24, 2.45) is 0 Å². The Kier molecular flexibility index (Phi) is 4.48. The van der Waals surface area contributed by atoms with E-state index in [4.69, 9.17) is 11.6 Å². The molecule has 1 aliphatic carbocycles. The van der Waals surface area contributed by atoms with Crippen molar-refractivity contribution in [3.8, 4) is 0 Å². The topological polar surface area (TPSA) is 41.1 Å². The van der Waals surface area contributed by atoms with Gasteiger partial charge in [0.05, 0.1) is 6.04 Å². The predicted octanol–water partition coefficient (Wildman–Crippen LogP) is 3.64. The van der Waals surface area contributed by atoms with Gasteiger partial charge >= 0.3 is 6.03 Å². The summed E-state index contributed by atoms with van der Waals surface area (Å²) in [5.74, 6) is 0. The normalized spacial score (nSPS) is 17.4. The Labute approximate surface area is 113 Å². The maximum absolute atomic E-state index is 11.8. The van der Waals surface area contributed by atoms with Gasteiger partial charge in [-0.25, -0.2) is 4.79 Å². The molecule has 2 rings (SSSR count). The van der Waals surface area contributed by atoms with E-state index in [0.29, 0.717) is 11.1 Å². The maximum atomic E-state index is 11.8. The molecule has 2 amide bonds. The summed E-state index contributed by atoms with van der Waals surface area (Å²) >= 11 is 6.10. The molecule has 0 aromatic heterocycles. The molecule has 3 nitrogen and oxygen atoms in total. The summed E-state index contributed by atoms with van der Waals surface area (Å²) in [7, 11) is 0. The molecule has 1 aromatic carbocycles. The molecule has 1 atom stereocenters. The largest absolute Gasteiger partial charge is 0.335 e. The third-order valence-corrected chi connectivity index (χ3v) is 3.75. The first-order valence-electron chi connectivity index (χ1n) is 6.48. The van der Waals surface area contributed by atoms with Gasteiger partial charge < -0.3 is 10.6 Å². The summed E-state index contributed by atoms with van der Waals surface area (Å²) in [6.45, 7) is 1.94. The lowest BCUT2D eigenvalue weighted by molar-refractivity contribution is 0.234. The number of halogens is 1. The van der Waals surface area contributed by atoms with Crippen LogP contribution in [0, 0.1) is 0 Å². The molecule has 1 aliphatic rings. The summed E-state index contributed by atoms with van der Waals surface area (Å²) in [6.07, 6.45) is 4.61. The van der Waals surface area contributed by atoms with Crippen molar-refractivity contribution >= 4 is 17.6 Å². The van der Waals surface area contributed by atoms with Gasteiger partial charge in [-0.05, 0) is 31.4 Å². The molecule has 98 valence electrons. The number of carbonyl (C=O) groups excluding carboxylic acids is 1. The van der Waals surface area contributed by atoms with Crippen LogP contribution in [-0.2, 0) is 0 Å². The summed E-state index contributed by atoms with van der Waals surface area (Å²) in [4.78, 5) is 11.8. The smallest absolute Gasteiger partial charge is 0.315 e. The van der Waals surface area contributed by atoms with Crippen LogP contribution in [0.4, 0.5) is 4.79 Å². The Bertz CT molecular complexity index is 416. The first kappa shape index (κ1) is 13.2. The first-order valence-corrected chi connectivity index (χ1v) is 6.86. The van der Waals surface area contributed by atoms with E-state index in [1.807, 2.05) is 31.2 Å². The Morgan fingerprint density at radius 2 is 2.00 bits per heavy atom. The molecular formula is C14H19ClN2O. The van der Waals surface area contributed by atoms with Gasteiger partial charge in [0.15, 0.2) is 0 Å². The fourth-order valence-electron chi connectivity index (χ4n) is 2.40. The molecule has 0 saturated heterocycles. The number of hydrogen-bond donors (Lipinski definition) is 2. The van der Waals surface area contributed by atoms with Gasteiger partial charge in [-0.1, -0.05) is 42.6 Å². The summed E-state index contributed by atoms with van der Waals surface area (Å²) < 4.78 is 0. The predicted molar refractivity (Wildman–Crippen MR) is 73.8 cm³/mol. The SMILES string of the molecule is CC(NC(=O)NC1CCCC1)c1ccccc1Cl. The summed E-state index contributed by atoms with van der Waals surface area (Å²) in [5.41, 5.74) is 0.945. The number of benzene rings is 1. The number of nitrogens with one attached hydrogen (secondary N) is 2. The molecule has 0 radical (unpaired) electrons. The van der Waals surface area contributed by atoms with E-state index in [2.05, 4.69) is 10.6 Å². The Balaban J connectivity index is 1.88. The van der Waals surface area contributed by atoms with E-state index >= 15 is 0 Å². The molecule has 0 spiro atoms. The quantitative estimate of drug-likeness (QED) is 0.862. The highest BCUT2D eigenvalue weighted by molar-refractivity contribution is 6.31. The molecule has 2 N–H and O–H groups in total. The van der Waals surface area contributed by atoms with Crippen molar-refractivity contribution in [3.05, 3.63) is 34.9 Å². The molecule has 1 unspecified atom stereocenters. The highest BCUT2D eigenvalue weighted by Gasteiger charge is 2.18. The van der Waals surface area contributed by atoms with E-state index in [1.54, 1.807) is 0 Å². The van der Waals surface area contributed by atoms with Crippen LogP contribution in [0.2, 0.25) is 5.02 Å². The maximum Gasteiger partial charge on any atom is 0.315 e. The number of hydrogen-bond acceptors (Lipinski definition) is 1. The third kappa shape index (κ3) is 3.39. The number of amides is 2. The van der Waals surface area contributed by atoms with E-state index in [9.17, 15) is 4.79 Å². The van der Waals surface area contributed by atoms with Crippen LogP contribution in [0.25, 0.3) is 0 Å². The molecule has 1 fully saturated rings. The van der Waals surface area contributed by atoms with E-state index in [0.717, 1.165) is 18.4 Å².